The van der Waals surface area contributed by atoms with E-state index in [1.54, 1.807) is 31.4 Å². The van der Waals surface area contributed by atoms with Crippen LogP contribution >= 0.6 is 0 Å². The lowest BCUT2D eigenvalue weighted by molar-refractivity contribution is -0.124. The summed E-state index contributed by atoms with van der Waals surface area (Å²) in [5.41, 5.74) is 0. The van der Waals surface area contributed by atoms with E-state index in [0.29, 0.717) is 12.2 Å². The van der Waals surface area contributed by atoms with Gasteiger partial charge in [0.25, 0.3) is 5.91 Å². The fourth-order valence-corrected chi connectivity index (χ4v) is 1.37. The van der Waals surface area contributed by atoms with E-state index >= 15 is 0 Å². The van der Waals surface area contributed by atoms with Gasteiger partial charge in [0.05, 0.1) is 19.8 Å². The first-order valence-corrected chi connectivity index (χ1v) is 5.86. The van der Waals surface area contributed by atoms with E-state index in [9.17, 15) is 4.79 Å². The number of carbonyl (C=O) groups is 1. The lowest BCUT2D eigenvalue weighted by atomic mass is 10.2. The number of hydrogen-bond donors (Lipinski definition) is 2. The molecule has 0 aliphatic carbocycles. The van der Waals surface area contributed by atoms with Gasteiger partial charge in [-0.15, -0.1) is 0 Å². The molecule has 1 rings (SSSR count). The highest BCUT2D eigenvalue weighted by Crippen LogP contribution is 2.16. The van der Waals surface area contributed by atoms with Crippen LogP contribution in [0.4, 0.5) is 0 Å². The summed E-state index contributed by atoms with van der Waals surface area (Å²) in [6.07, 6.45) is 0.685. The summed E-state index contributed by atoms with van der Waals surface area (Å²) in [6, 6.07) is 6.77. The van der Waals surface area contributed by atoms with Crippen LogP contribution in [0.15, 0.2) is 24.3 Å². The van der Waals surface area contributed by atoms with E-state index in [1.165, 1.54) is 0 Å². The molecular weight excluding hydrogens is 234 g/mol. The number of ether oxygens (including phenoxy) is 2. The zero-order chi connectivity index (χ0) is 13.4. The van der Waals surface area contributed by atoms with Gasteiger partial charge in [0.2, 0.25) is 0 Å². The number of aliphatic hydroxyl groups excluding tert-OH is 1. The Hall–Kier alpha value is -1.75. The van der Waals surface area contributed by atoms with Gasteiger partial charge in [0, 0.05) is 0 Å². The molecule has 0 unspecified atom stereocenters. The van der Waals surface area contributed by atoms with Crippen molar-refractivity contribution >= 4 is 5.91 Å². The molecule has 5 nitrogen and oxygen atoms in total. The van der Waals surface area contributed by atoms with Crippen molar-refractivity contribution < 1.29 is 19.4 Å². The van der Waals surface area contributed by atoms with Crippen LogP contribution in [0, 0.1) is 0 Å². The molecule has 1 atom stereocenters. The number of rotatable bonds is 7. The van der Waals surface area contributed by atoms with Gasteiger partial charge < -0.3 is 19.9 Å². The molecule has 0 saturated carbocycles. The number of hydrogen-bond acceptors (Lipinski definition) is 4. The van der Waals surface area contributed by atoms with Crippen LogP contribution in [0.1, 0.15) is 13.3 Å². The van der Waals surface area contributed by atoms with E-state index in [2.05, 4.69) is 5.32 Å². The third kappa shape index (κ3) is 4.63. The molecule has 0 bridgehead atoms. The third-order valence-electron chi connectivity index (χ3n) is 2.51. The topological polar surface area (TPSA) is 67.8 Å². The predicted octanol–water partition coefficient (Wildman–Crippen LogP) is 0.961. The van der Waals surface area contributed by atoms with Crippen LogP contribution in [0.25, 0.3) is 0 Å². The Kier molecular flexibility index (Phi) is 6.00. The largest absolute Gasteiger partial charge is 0.497 e. The molecule has 0 aliphatic rings. The molecule has 0 heterocycles. The molecular formula is C13H19NO4. The van der Waals surface area contributed by atoms with Gasteiger partial charge >= 0.3 is 0 Å². The summed E-state index contributed by atoms with van der Waals surface area (Å²) >= 11 is 0. The van der Waals surface area contributed by atoms with E-state index in [4.69, 9.17) is 14.6 Å². The number of methoxy groups -OCH3 is 1. The normalized spacial score (nSPS) is 11.7. The molecule has 5 heteroatoms. The molecule has 0 fully saturated rings. The Morgan fingerprint density at radius 1 is 1.33 bits per heavy atom. The van der Waals surface area contributed by atoms with Crippen molar-refractivity contribution in [1.29, 1.82) is 0 Å². The van der Waals surface area contributed by atoms with Crippen LogP contribution in [-0.4, -0.2) is 37.4 Å². The third-order valence-corrected chi connectivity index (χ3v) is 2.51. The van der Waals surface area contributed by atoms with Crippen LogP contribution in [-0.2, 0) is 4.79 Å². The summed E-state index contributed by atoms with van der Waals surface area (Å²) < 4.78 is 10.3. The van der Waals surface area contributed by atoms with Crippen molar-refractivity contribution in [3.05, 3.63) is 24.3 Å². The number of carbonyl (C=O) groups excluding carboxylic acids is 1. The summed E-state index contributed by atoms with van der Waals surface area (Å²) in [4.78, 5) is 11.5. The molecule has 0 saturated heterocycles. The Morgan fingerprint density at radius 2 is 1.94 bits per heavy atom. The Labute approximate surface area is 107 Å². The highest BCUT2D eigenvalue weighted by Gasteiger charge is 2.09. The van der Waals surface area contributed by atoms with Crippen LogP contribution < -0.4 is 14.8 Å². The zero-order valence-electron chi connectivity index (χ0n) is 10.7. The second kappa shape index (κ2) is 7.55. The zero-order valence-corrected chi connectivity index (χ0v) is 10.7. The lowest BCUT2D eigenvalue weighted by Crippen LogP contribution is -2.39. The SMILES string of the molecule is CC[C@H](CO)NC(=O)COc1ccc(OC)cc1. The van der Waals surface area contributed by atoms with Crippen molar-refractivity contribution in [2.45, 2.75) is 19.4 Å². The van der Waals surface area contributed by atoms with Gasteiger partial charge in [0.15, 0.2) is 6.61 Å². The Balaban J connectivity index is 2.37. The van der Waals surface area contributed by atoms with E-state index in [1.807, 2.05) is 6.92 Å². The lowest BCUT2D eigenvalue weighted by Gasteiger charge is -2.14. The van der Waals surface area contributed by atoms with Crippen molar-refractivity contribution in [3.63, 3.8) is 0 Å². The second-order valence-electron chi connectivity index (χ2n) is 3.82. The first kappa shape index (κ1) is 14.3. The first-order chi connectivity index (χ1) is 8.69. The van der Waals surface area contributed by atoms with Gasteiger partial charge in [-0.25, -0.2) is 0 Å². The molecule has 0 aliphatic heterocycles. The maximum atomic E-state index is 11.5. The monoisotopic (exact) mass is 253 g/mol. The average Bonchev–Trinajstić information content (AvgIpc) is 2.43. The molecule has 1 aromatic rings. The second-order valence-corrected chi connectivity index (χ2v) is 3.82. The molecule has 100 valence electrons. The molecule has 0 spiro atoms. The summed E-state index contributed by atoms with van der Waals surface area (Å²) in [5, 5.41) is 11.6. The van der Waals surface area contributed by atoms with Crippen LogP contribution in [0.3, 0.4) is 0 Å². The van der Waals surface area contributed by atoms with Crippen LogP contribution in [0.5, 0.6) is 11.5 Å². The van der Waals surface area contributed by atoms with Gasteiger partial charge in [-0.2, -0.15) is 0 Å². The van der Waals surface area contributed by atoms with Crippen LogP contribution in [0.2, 0.25) is 0 Å². The van der Waals surface area contributed by atoms with Gasteiger partial charge in [-0.1, -0.05) is 6.92 Å². The Morgan fingerprint density at radius 3 is 2.44 bits per heavy atom. The number of benzene rings is 1. The minimum atomic E-state index is -0.244. The smallest absolute Gasteiger partial charge is 0.258 e. The quantitative estimate of drug-likeness (QED) is 0.759. The minimum absolute atomic E-state index is 0.0647. The number of amides is 1. The minimum Gasteiger partial charge on any atom is -0.497 e. The number of nitrogens with one attached hydrogen (secondary N) is 1. The average molecular weight is 253 g/mol. The molecule has 2 N–H and O–H groups in total. The predicted molar refractivity (Wildman–Crippen MR) is 67.8 cm³/mol. The fourth-order valence-electron chi connectivity index (χ4n) is 1.37. The first-order valence-electron chi connectivity index (χ1n) is 5.86. The maximum absolute atomic E-state index is 11.5. The standard InChI is InChI=1S/C13H19NO4/c1-3-10(8-15)14-13(16)9-18-12-6-4-11(17-2)5-7-12/h4-7,10,15H,3,8-9H2,1-2H3,(H,14,16)/t10-/m1/s1. The van der Waals surface area contributed by atoms with E-state index in [0.717, 1.165) is 5.75 Å². The summed E-state index contributed by atoms with van der Waals surface area (Å²) in [6.45, 7) is 1.76. The number of aliphatic hydroxyl groups is 1. The molecule has 1 amide bonds. The van der Waals surface area contributed by atoms with Gasteiger partial charge in [0.1, 0.15) is 11.5 Å². The highest BCUT2D eigenvalue weighted by molar-refractivity contribution is 5.77. The molecule has 1 aromatic carbocycles. The van der Waals surface area contributed by atoms with E-state index in [-0.39, 0.29) is 25.2 Å². The van der Waals surface area contributed by atoms with Crippen molar-refractivity contribution in [1.82, 2.24) is 5.32 Å². The molecule has 0 aromatic heterocycles. The van der Waals surface area contributed by atoms with Gasteiger partial charge in [-0.3, -0.25) is 4.79 Å². The van der Waals surface area contributed by atoms with E-state index < -0.39 is 0 Å². The summed E-state index contributed by atoms with van der Waals surface area (Å²) in [5.74, 6) is 1.09. The van der Waals surface area contributed by atoms with Gasteiger partial charge in [-0.05, 0) is 30.7 Å². The summed E-state index contributed by atoms with van der Waals surface area (Å²) in [7, 11) is 1.59. The molecule has 18 heavy (non-hydrogen) atoms. The fraction of sp³-hybridized carbons (Fsp3) is 0.462. The maximum Gasteiger partial charge on any atom is 0.258 e. The Bertz CT molecular complexity index is 360. The highest BCUT2D eigenvalue weighted by atomic mass is 16.5. The molecule has 0 radical (unpaired) electrons. The van der Waals surface area contributed by atoms with Crippen molar-refractivity contribution in [3.8, 4) is 11.5 Å². The van der Waals surface area contributed by atoms with Crippen molar-refractivity contribution in [2.75, 3.05) is 20.3 Å². The van der Waals surface area contributed by atoms with Crippen molar-refractivity contribution in [2.24, 2.45) is 0 Å².